The smallest absolute Gasteiger partial charge is 0.385 e. The monoisotopic (exact) mass is 559 g/mol. The molecule has 0 amide bonds. The summed E-state index contributed by atoms with van der Waals surface area (Å²) < 4.78 is 55.8. The summed E-state index contributed by atoms with van der Waals surface area (Å²) in [4.78, 5) is 17.4. The van der Waals surface area contributed by atoms with E-state index in [0.717, 1.165) is 21.3 Å². The first-order chi connectivity index (χ1) is 17.3. The Labute approximate surface area is 216 Å². The number of aromatic nitrogens is 5. The first-order valence-electron chi connectivity index (χ1n) is 10.7. The number of aliphatic hydroxyl groups is 2. The first kappa shape index (κ1) is 26.9. The second-order valence-electron chi connectivity index (χ2n) is 8.17. The third kappa shape index (κ3) is 5.72. The number of hydrogen-bond donors (Lipinski definition) is 2. The fraction of sp³-hybridized carbons (Fsp3) is 0.261. The van der Waals surface area contributed by atoms with Crippen LogP contribution in [0.4, 0.5) is 17.6 Å². The molecule has 0 fully saturated rings. The van der Waals surface area contributed by atoms with Crippen molar-refractivity contribution in [2.24, 2.45) is 0 Å². The van der Waals surface area contributed by atoms with E-state index in [1.165, 1.54) is 48.1 Å². The van der Waals surface area contributed by atoms with Crippen molar-refractivity contribution in [3.63, 3.8) is 0 Å². The maximum atomic E-state index is 13.5. The Morgan fingerprint density at radius 2 is 1.76 bits per heavy atom. The average Bonchev–Trinajstić information content (AvgIpc) is 3.36. The van der Waals surface area contributed by atoms with E-state index in [0.29, 0.717) is 10.6 Å². The molecule has 37 heavy (non-hydrogen) atoms. The van der Waals surface area contributed by atoms with Crippen molar-refractivity contribution in [1.82, 2.24) is 23.9 Å². The second kappa shape index (κ2) is 10.3. The Hall–Kier alpha value is -3.19. The van der Waals surface area contributed by atoms with E-state index in [4.69, 9.17) is 23.2 Å². The van der Waals surface area contributed by atoms with Gasteiger partial charge in [0.15, 0.2) is 17.8 Å². The van der Waals surface area contributed by atoms with Crippen molar-refractivity contribution < 1.29 is 27.8 Å². The zero-order valence-electron chi connectivity index (χ0n) is 19.0. The van der Waals surface area contributed by atoms with Crippen LogP contribution in [0.25, 0.3) is 16.9 Å². The second-order valence-corrected chi connectivity index (χ2v) is 9.01. The van der Waals surface area contributed by atoms with Gasteiger partial charge in [-0.25, -0.2) is 18.9 Å². The highest BCUT2D eigenvalue weighted by molar-refractivity contribution is 6.32. The van der Waals surface area contributed by atoms with E-state index >= 15 is 0 Å². The standard InChI is InChI=1S/C23H19Cl2F4N5O3/c1-12(35)21-30-20(31-34(21)17-7-6-15(26)8-16(17)25)11-32-9-18(13-2-4-14(24)5-3-13)33(22(32)37)10-19(36)23(27,28)29/h2-9,12,19,35-36H,10-11H2,1H3/t12-,19?/m0/s1. The molecule has 2 aromatic heterocycles. The van der Waals surface area contributed by atoms with Gasteiger partial charge in [0, 0.05) is 11.2 Å². The number of alkyl halides is 3. The van der Waals surface area contributed by atoms with Crippen LogP contribution in [0.5, 0.6) is 0 Å². The van der Waals surface area contributed by atoms with Gasteiger partial charge in [0.25, 0.3) is 0 Å². The zero-order chi connectivity index (χ0) is 27.1. The molecule has 0 radical (unpaired) electrons. The van der Waals surface area contributed by atoms with E-state index in [-0.39, 0.29) is 34.6 Å². The minimum atomic E-state index is -4.94. The van der Waals surface area contributed by atoms with Crippen LogP contribution in [0, 0.1) is 5.82 Å². The van der Waals surface area contributed by atoms with E-state index in [2.05, 4.69) is 10.1 Å². The van der Waals surface area contributed by atoms with E-state index in [1.807, 2.05) is 0 Å². The van der Waals surface area contributed by atoms with Gasteiger partial charge in [0.05, 0.1) is 29.5 Å². The van der Waals surface area contributed by atoms with Crippen LogP contribution < -0.4 is 5.69 Å². The van der Waals surface area contributed by atoms with Crippen LogP contribution in [0.1, 0.15) is 24.7 Å². The van der Waals surface area contributed by atoms with Crippen LogP contribution >= 0.6 is 23.2 Å². The number of hydrogen-bond acceptors (Lipinski definition) is 5. The molecule has 14 heteroatoms. The summed E-state index contributed by atoms with van der Waals surface area (Å²) in [5.41, 5.74) is -0.154. The van der Waals surface area contributed by atoms with Gasteiger partial charge in [-0.05, 0) is 42.8 Å². The molecular formula is C23H19Cl2F4N5O3. The summed E-state index contributed by atoms with van der Waals surface area (Å²) in [5.74, 6) is -0.521. The molecule has 0 spiro atoms. The number of nitrogens with zero attached hydrogens (tertiary/aromatic N) is 5. The number of imidazole rings is 1. The van der Waals surface area contributed by atoms with E-state index in [9.17, 15) is 32.6 Å². The normalized spacial score (nSPS) is 13.6. The van der Waals surface area contributed by atoms with Crippen LogP contribution in [-0.2, 0) is 13.1 Å². The Kier molecular flexibility index (Phi) is 7.47. The predicted molar refractivity (Wildman–Crippen MR) is 127 cm³/mol. The van der Waals surface area contributed by atoms with Gasteiger partial charge in [-0.1, -0.05) is 35.3 Å². The minimum Gasteiger partial charge on any atom is -0.385 e. The van der Waals surface area contributed by atoms with Crippen LogP contribution in [-0.4, -0.2) is 46.4 Å². The minimum absolute atomic E-state index is 0.00664. The highest BCUT2D eigenvalue weighted by atomic mass is 35.5. The van der Waals surface area contributed by atoms with Crippen molar-refractivity contribution in [3.05, 3.63) is 86.7 Å². The predicted octanol–water partition coefficient (Wildman–Crippen LogP) is 4.37. The quantitative estimate of drug-likeness (QED) is 0.328. The fourth-order valence-electron chi connectivity index (χ4n) is 3.64. The molecule has 4 aromatic rings. The van der Waals surface area contributed by atoms with Gasteiger partial charge in [-0.15, -0.1) is 5.10 Å². The first-order valence-corrected chi connectivity index (χ1v) is 11.5. The van der Waals surface area contributed by atoms with Gasteiger partial charge in [0.2, 0.25) is 0 Å². The van der Waals surface area contributed by atoms with Crippen LogP contribution in [0.2, 0.25) is 10.0 Å². The maximum Gasteiger partial charge on any atom is 0.416 e. The highest BCUT2D eigenvalue weighted by Gasteiger charge is 2.39. The lowest BCUT2D eigenvalue weighted by atomic mass is 10.1. The fourth-order valence-corrected chi connectivity index (χ4v) is 4.01. The van der Waals surface area contributed by atoms with Gasteiger partial charge in [-0.3, -0.25) is 9.13 Å². The lowest BCUT2D eigenvalue weighted by molar-refractivity contribution is -0.207. The van der Waals surface area contributed by atoms with Crippen LogP contribution in [0.15, 0.2) is 53.5 Å². The molecule has 2 heterocycles. The van der Waals surface area contributed by atoms with Gasteiger partial charge in [0.1, 0.15) is 11.9 Å². The van der Waals surface area contributed by atoms with Crippen molar-refractivity contribution >= 4 is 23.2 Å². The molecule has 0 aliphatic rings. The van der Waals surface area contributed by atoms with Gasteiger partial charge >= 0.3 is 11.9 Å². The molecule has 2 N–H and O–H groups in total. The van der Waals surface area contributed by atoms with E-state index in [1.54, 1.807) is 0 Å². The Morgan fingerprint density at radius 1 is 1.08 bits per heavy atom. The average molecular weight is 560 g/mol. The molecule has 8 nitrogen and oxygen atoms in total. The molecule has 1 unspecified atom stereocenters. The summed E-state index contributed by atoms with van der Waals surface area (Å²) in [7, 11) is 0. The molecule has 0 saturated heterocycles. The largest absolute Gasteiger partial charge is 0.416 e. The third-order valence-corrected chi connectivity index (χ3v) is 5.97. The SMILES string of the molecule is C[C@H](O)c1nc(Cn2cc(-c3ccc(Cl)cc3)n(CC(O)C(F)(F)F)c2=O)nn1-c1ccc(F)cc1Cl. The summed E-state index contributed by atoms with van der Waals surface area (Å²) in [6.07, 6.45) is -7.55. The van der Waals surface area contributed by atoms with E-state index < -0.39 is 36.4 Å². The van der Waals surface area contributed by atoms with Crippen molar-refractivity contribution in [1.29, 1.82) is 0 Å². The Morgan fingerprint density at radius 3 is 2.35 bits per heavy atom. The van der Waals surface area contributed by atoms with Crippen LogP contribution in [0.3, 0.4) is 0 Å². The lowest BCUT2D eigenvalue weighted by Crippen LogP contribution is -2.37. The molecule has 0 aliphatic carbocycles. The highest BCUT2D eigenvalue weighted by Crippen LogP contribution is 2.27. The summed E-state index contributed by atoms with van der Waals surface area (Å²) in [5, 5.41) is 24.5. The number of halogens is 6. The van der Waals surface area contributed by atoms with Gasteiger partial charge in [-0.2, -0.15) is 13.2 Å². The van der Waals surface area contributed by atoms with Crippen molar-refractivity contribution in [3.8, 4) is 16.9 Å². The number of aliphatic hydroxyl groups excluding tert-OH is 2. The Bertz CT molecular complexity index is 1480. The molecule has 0 aliphatic heterocycles. The van der Waals surface area contributed by atoms with Crippen molar-refractivity contribution in [2.45, 2.75) is 38.4 Å². The maximum absolute atomic E-state index is 13.5. The Balaban J connectivity index is 1.78. The number of rotatable bonds is 7. The topological polar surface area (TPSA) is 98.1 Å². The number of benzene rings is 2. The molecule has 196 valence electrons. The third-order valence-electron chi connectivity index (χ3n) is 5.42. The summed E-state index contributed by atoms with van der Waals surface area (Å²) in [6, 6.07) is 9.59. The van der Waals surface area contributed by atoms with Gasteiger partial charge < -0.3 is 10.2 Å². The molecular weight excluding hydrogens is 541 g/mol. The molecule has 0 saturated carbocycles. The molecule has 2 aromatic carbocycles. The molecule has 0 bridgehead atoms. The van der Waals surface area contributed by atoms with Crippen molar-refractivity contribution in [2.75, 3.05) is 0 Å². The lowest BCUT2D eigenvalue weighted by Gasteiger charge is -2.16. The molecule has 2 atom stereocenters. The summed E-state index contributed by atoms with van der Waals surface area (Å²) in [6.45, 7) is 0.0842. The summed E-state index contributed by atoms with van der Waals surface area (Å²) >= 11 is 12.0. The molecule has 4 rings (SSSR count). The zero-order valence-corrected chi connectivity index (χ0v) is 20.5.